The average Bonchev–Trinajstić information content (AvgIpc) is 3.11. The first-order valence-electron chi connectivity index (χ1n) is 7.11. The van der Waals surface area contributed by atoms with Crippen LogP contribution in [-0.2, 0) is 6.54 Å². The smallest absolute Gasteiger partial charge is 0.407 e. The van der Waals surface area contributed by atoms with E-state index in [0.29, 0.717) is 12.6 Å². The van der Waals surface area contributed by atoms with Gasteiger partial charge in [0.05, 0.1) is 6.26 Å². The summed E-state index contributed by atoms with van der Waals surface area (Å²) < 4.78 is 5.57. The molecule has 2 aromatic rings. The maximum Gasteiger partial charge on any atom is 0.407 e. The van der Waals surface area contributed by atoms with Gasteiger partial charge in [-0.2, -0.15) is 0 Å². The van der Waals surface area contributed by atoms with E-state index >= 15 is 0 Å². The van der Waals surface area contributed by atoms with Gasteiger partial charge >= 0.3 is 6.09 Å². The number of piperazine rings is 1. The molecular formula is C15H17N3O3. The molecule has 6 nitrogen and oxygen atoms in total. The van der Waals surface area contributed by atoms with Crippen molar-refractivity contribution in [1.29, 1.82) is 0 Å². The molecule has 2 saturated heterocycles. The summed E-state index contributed by atoms with van der Waals surface area (Å²) in [4.78, 5) is 15.0. The van der Waals surface area contributed by atoms with Crippen LogP contribution >= 0.6 is 0 Å². The Hall–Kier alpha value is -2.21. The Kier molecular flexibility index (Phi) is 2.62. The van der Waals surface area contributed by atoms with Crippen molar-refractivity contribution >= 4 is 22.7 Å². The molecule has 0 radical (unpaired) electrons. The van der Waals surface area contributed by atoms with Crippen molar-refractivity contribution in [3.8, 4) is 0 Å². The minimum atomic E-state index is -0.806. The first kappa shape index (κ1) is 12.5. The highest BCUT2D eigenvalue weighted by Gasteiger charge is 2.45. The van der Waals surface area contributed by atoms with Gasteiger partial charge in [0.15, 0.2) is 0 Å². The maximum atomic E-state index is 11.1. The molecule has 3 heterocycles. The highest BCUT2D eigenvalue weighted by molar-refractivity contribution is 5.84. The predicted octanol–water partition coefficient (Wildman–Crippen LogP) is 1.95. The Morgan fingerprint density at radius 1 is 1.38 bits per heavy atom. The predicted molar refractivity (Wildman–Crippen MR) is 78.0 cm³/mol. The van der Waals surface area contributed by atoms with Crippen LogP contribution in [0.15, 0.2) is 28.9 Å². The number of likely N-dealkylation sites (tertiary alicyclic amines) is 2. The normalized spacial score (nSPS) is 25.0. The number of nitrogen functional groups attached to an aromatic ring is 1. The third kappa shape index (κ3) is 1.94. The van der Waals surface area contributed by atoms with Crippen LogP contribution in [0.5, 0.6) is 0 Å². The minimum Gasteiger partial charge on any atom is -0.465 e. The summed E-state index contributed by atoms with van der Waals surface area (Å²) in [6.07, 6.45) is 1.80. The number of fused-ring (bicyclic) bond motifs is 3. The SMILES string of the molecule is Nc1cc(CN2C[C@@H]3C[C@H]2CN3C(=O)O)c2occc2c1. The van der Waals surface area contributed by atoms with E-state index in [-0.39, 0.29) is 6.04 Å². The van der Waals surface area contributed by atoms with E-state index in [2.05, 4.69) is 4.90 Å². The molecule has 21 heavy (non-hydrogen) atoms. The second-order valence-corrected chi connectivity index (χ2v) is 5.93. The molecule has 0 unspecified atom stereocenters. The number of anilines is 1. The molecule has 3 N–H and O–H groups in total. The summed E-state index contributed by atoms with van der Waals surface area (Å²) in [5.41, 5.74) is 8.63. The number of benzene rings is 1. The molecule has 0 saturated carbocycles. The van der Waals surface area contributed by atoms with Crippen molar-refractivity contribution < 1.29 is 14.3 Å². The van der Waals surface area contributed by atoms with Crippen molar-refractivity contribution in [3.63, 3.8) is 0 Å². The van der Waals surface area contributed by atoms with E-state index in [1.807, 2.05) is 18.2 Å². The third-order valence-electron chi connectivity index (χ3n) is 4.62. The first-order chi connectivity index (χ1) is 10.1. The molecule has 6 heteroatoms. The third-order valence-corrected chi connectivity index (χ3v) is 4.62. The molecular weight excluding hydrogens is 270 g/mol. The van der Waals surface area contributed by atoms with E-state index < -0.39 is 6.09 Å². The fraction of sp³-hybridized carbons (Fsp3) is 0.400. The summed E-state index contributed by atoms with van der Waals surface area (Å²) in [6, 6.07) is 6.20. The molecule has 1 aromatic heterocycles. The van der Waals surface area contributed by atoms with Crippen LogP contribution in [0.1, 0.15) is 12.0 Å². The quantitative estimate of drug-likeness (QED) is 0.825. The number of nitrogens with two attached hydrogens (primary N) is 1. The lowest BCUT2D eigenvalue weighted by molar-refractivity contribution is 0.100. The Morgan fingerprint density at radius 2 is 2.24 bits per heavy atom. The van der Waals surface area contributed by atoms with Crippen molar-refractivity contribution in [3.05, 3.63) is 30.0 Å². The molecule has 1 amide bonds. The molecule has 2 aliphatic heterocycles. The van der Waals surface area contributed by atoms with Gasteiger partial charge in [-0.25, -0.2) is 4.79 Å². The fourth-order valence-corrected chi connectivity index (χ4v) is 3.70. The van der Waals surface area contributed by atoms with Gasteiger partial charge in [0.25, 0.3) is 0 Å². The second-order valence-electron chi connectivity index (χ2n) is 5.93. The maximum absolute atomic E-state index is 11.1. The van der Waals surface area contributed by atoms with Gasteiger partial charge in [-0.3, -0.25) is 4.90 Å². The van der Waals surface area contributed by atoms with Gasteiger partial charge in [0, 0.05) is 48.4 Å². The van der Waals surface area contributed by atoms with E-state index in [1.54, 1.807) is 11.2 Å². The zero-order valence-corrected chi connectivity index (χ0v) is 11.5. The van der Waals surface area contributed by atoms with Crippen LogP contribution in [-0.4, -0.2) is 46.2 Å². The van der Waals surface area contributed by atoms with Crippen LogP contribution in [0.2, 0.25) is 0 Å². The summed E-state index contributed by atoms with van der Waals surface area (Å²) in [5.74, 6) is 0. The van der Waals surface area contributed by atoms with Crippen LogP contribution < -0.4 is 5.73 Å². The second kappa shape index (κ2) is 4.39. The van der Waals surface area contributed by atoms with E-state index in [4.69, 9.17) is 15.3 Å². The van der Waals surface area contributed by atoms with Crippen molar-refractivity contribution in [2.24, 2.45) is 0 Å². The highest BCUT2D eigenvalue weighted by atomic mass is 16.4. The van der Waals surface area contributed by atoms with E-state index in [0.717, 1.165) is 41.7 Å². The number of nitrogens with zero attached hydrogens (tertiary/aromatic N) is 2. The van der Waals surface area contributed by atoms with Crippen LogP contribution in [0.3, 0.4) is 0 Å². The van der Waals surface area contributed by atoms with Gasteiger partial charge in [-0.1, -0.05) is 0 Å². The zero-order valence-electron chi connectivity index (χ0n) is 11.5. The van der Waals surface area contributed by atoms with Crippen LogP contribution in [0, 0.1) is 0 Å². The summed E-state index contributed by atoms with van der Waals surface area (Å²) in [6.45, 7) is 2.14. The zero-order chi connectivity index (χ0) is 14.6. The number of amides is 1. The number of rotatable bonds is 2. The Morgan fingerprint density at radius 3 is 2.95 bits per heavy atom. The molecule has 2 aliphatic rings. The van der Waals surface area contributed by atoms with Gasteiger partial charge in [0.2, 0.25) is 0 Å². The topological polar surface area (TPSA) is 82.9 Å². The minimum absolute atomic E-state index is 0.126. The van der Waals surface area contributed by atoms with Crippen molar-refractivity contribution in [2.45, 2.75) is 25.0 Å². The molecule has 4 rings (SSSR count). The number of carbonyl (C=O) groups is 1. The summed E-state index contributed by atoms with van der Waals surface area (Å²) in [5, 5.41) is 10.2. The molecule has 1 aromatic carbocycles. The lowest BCUT2D eigenvalue weighted by Crippen LogP contribution is -2.47. The molecule has 0 aliphatic carbocycles. The molecule has 0 spiro atoms. The monoisotopic (exact) mass is 287 g/mol. The fourth-order valence-electron chi connectivity index (χ4n) is 3.70. The number of carboxylic acid groups (broad SMARTS) is 1. The van der Waals surface area contributed by atoms with Crippen molar-refractivity contribution in [2.75, 3.05) is 18.8 Å². The molecule has 2 fully saturated rings. The van der Waals surface area contributed by atoms with Gasteiger partial charge in [0.1, 0.15) is 5.58 Å². The summed E-state index contributed by atoms with van der Waals surface area (Å²) >= 11 is 0. The van der Waals surface area contributed by atoms with Crippen molar-refractivity contribution in [1.82, 2.24) is 9.80 Å². The Bertz CT molecular complexity index is 711. The standard InChI is InChI=1S/C15H17N3O3/c16-11-3-9-1-2-21-14(9)10(4-11)6-17-7-13-5-12(17)8-18(13)15(19)20/h1-4,12-13H,5-8,16H2,(H,19,20)/t12-,13-/m0/s1. The van der Waals surface area contributed by atoms with Crippen LogP contribution in [0.25, 0.3) is 11.0 Å². The molecule has 2 bridgehead atoms. The van der Waals surface area contributed by atoms with Gasteiger partial charge in [-0.15, -0.1) is 0 Å². The van der Waals surface area contributed by atoms with Gasteiger partial charge in [-0.05, 0) is 24.6 Å². The lowest BCUT2D eigenvalue weighted by Gasteiger charge is -2.32. The largest absolute Gasteiger partial charge is 0.465 e. The lowest BCUT2D eigenvalue weighted by atomic mass is 10.1. The Labute approximate surface area is 121 Å². The Balaban J connectivity index is 1.57. The highest BCUT2D eigenvalue weighted by Crippen LogP contribution is 2.33. The first-order valence-corrected chi connectivity index (χ1v) is 7.11. The molecule has 110 valence electrons. The average molecular weight is 287 g/mol. The van der Waals surface area contributed by atoms with E-state index in [1.165, 1.54) is 0 Å². The summed E-state index contributed by atoms with van der Waals surface area (Å²) in [7, 11) is 0. The number of furan rings is 1. The van der Waals surface area contributed by atoms with Crippen LogP contribution in [0.4, 0.5) is 10.5 Å². The molecule has 2 atom stereocenters. The number of hydrogen-bond acceptors (Lipinski definition) is 4. The van der Waals surface area contributed by atoms with E-state index in [9.17, 15) is 4.79 Å². The van der Waals surface area contributed by atoms with Gasteiger partial charge < -0.3 is 20.2 Å². The number of hydrogen-bond donors (Lipinski definition) is 2.